The maximum atomic E-state index is 8.35. The number of hydrogen-bond donors (Lipinski definition) is 0. The lowest BCUT2D eigenvalue weighted by molar-refractivity contribution is 0.379. The van der Waals surface area contributed by atoms with Gasteiger partial charge in [-0.05, 0) is 17.4 Å². The maximum absolute atomic E-state index is 8.35. The summed E-state index contributed by atoms with van der Waals surface area (Å²) in [4.78, 5) is 2.85. The topological polar surface area (TPSA) is 48.8 Å². The van der Waals surface area contributed by atoms with Crippen LogP contribution in [0.4, 0.5) is 0 Å². The van der Waals surface area contributed by atoms with Crippen LogP contribution >= 0.6 is 0 Å². The van der Waals surface area contributed by atoms with E-state index in [9.17, 15) is 0 Å². The number of hydrogen-bond acceptors (Lipinski definition) is 1. The molecular weight excluding hydrogens is 150 g/mol. The average Bonchev–Trinajstić information content (AvgIpc) is 2.11. The van der Waals surface area contributed by atoms with Gasteiger partial charge in [-0.15, -0.1) is 6.58 Å². The Hall–Kier alpha value is -0.950. The van der Waals surface area contributed by atoms with Gasteiger partial charge in [0, 0.05) is 11.0 Å². The van der Waals surface area contributed by atoms with E-state index in [4.69, 9.17) is 5.53 Å². The molecule has 3 unspecified atom stereocenters. The van der Waals surface area contributed by atoms with Crippen molar-refractivity contribution in [2.45, 2.75) is 33.2 Å². The molecule has 0 N–H and O–H groups in total. The molecule has 0 aliphatic heterocycles. The molecule has 0 aromatic carbocycles. The number of nitrogens with zero attached hydrogens (tertiary/aromatic N) is 3. The fraction of sp³-hybridized carbons (Fsp3) is 0.778. The molecule has 0 heterocycles. The van der Waals surface area contributed by atoms with Crippen molar-refractivity contribution < 1.29 is 0 Å². The molecule has 3 nitrogen and oxygen atoms in total. The second kappa shape index (κ2) is 5.67. The quantitative estimate of drug-likeness (QED) is 0.260. The summed E-state index contributed by atoms with van der Waals surface area (Å²) >= 11 is 0. The molecule has 68 valence electrons. The van der Waals surface area contributed by atoms with E-state index in [1.165, 1.54) is 0 Å². The van der Waals surface area contributed by atoms with E-state index < -0.39 is 0 Å². The maximum Gasteiger partial charge on any atom is 0.0459 e. The number of azide groups is 1. The Kier molecular flexibility index (Phi) is 5.22. The highest BCUT2D eigenvalue weighted by Crippen LogP contribution is 2.20. The minimum atomic E-state index is 0.0532. The van der Waals surface area contributed by atoms with E-state index in [0.29, 0.717) is 5.92 Å². The van der Waals surface area contributed by atoms with Crippen molar-refractivity contribution in [1.82, 2.24) is 0 Å². The van der Waals surface area contributed by atoms with E-state index in [0.717, 1.165) is 6.42 Å². The second-order valence-corrected chi connectivity index (χ2v) is 3.18. The molecule has 0 bridgehead atoms. The van der Waals surface area contributed by atoms with Crippen LogP contribution in [0.3, 0.4) is 0 Å². The Morgan fingerprint density at radius 2 is 2.17 bits per heavy atom. The SMILES string of the molecule is C=CC(C)C(N=[N+]=[N-])C(C)CC. The summed E-state index contributed by atoms with van der Waals surface area (Å²) in [5.41, 5.74) is 8.35. The van der Waals surface area contributed by atoms with Gasteiger partial charge < -0.3 is 0 Å². The first-order valence-electron chi connectivity index (χ1n) is 4.34. The van der Waals surface area contributed by atoms with Gasteiger partial charge in [0.15, 0.2) is 0 Å². The van der Waals surface area contributed by atoms with Crippen molar-refractivity contribution >= 4 is 0 Å². The molecule has 0 aromatic rings. The first-order chi connectivity index (χ1) is 5.67. The average molecular weight is 167 g/mol. The molecule has 0 spiro atoms. The molecule has 3 heteroatoms. The van der Waals surface area contributed by atoms with Gasteiger partial charge in [-0.1, -0.05) is 38.4 Å². The molecule has 0 radical (unpaired) electrons. The zero-order valence-electron chi connectivity index (χ0n) is 8.07. The van der Waals surface area contributed by atoms with E-state index >= 15 is 0 Å². The third-order valence-corrected chi connectivity index (χ3v) is 2.32. The van der Waals surface area contributed by atoms with Crippen LogP contribution in [0.5, 0.6) is 0 Å². The van der Waals surface area contributed by atoms with Crippen LogP contribution in [0.2, 0.25) is 0 Å². The minimum Gasteiger partial charge on any atom is -0.103 e. The minimum absolute atomic E-state index is 0.0532. The third-order valence-electron chi connectivity index (χ3n) is 2.32. The lowest BCUT2D eigenvalue weighted by Crippen LogP contribution is -2.21. The molecular formula is C9H17N3. The van der Waals surface area contributed by atoms with Crippen molar-refractivity contribution in [2.75, 3.05) is 0 Å². The Labute approximate surface area is 74.1 Å². The molecule has 0 saturated heterocycles. The fourth-order valence-electron chi connectivity index (χ4n) is 1.18. The van der Waals surface area contributed by atoms with Crippen molar-refractivity contribution in [3.63, 3.8) is 0 Å². The molecule has 0 aliphatic rings. The zero-order valence-corrected chi connectivity index (χ0v) is 8.07. The Balaban J connectivity index is 4.40. The van der Waals surface area contributed by atoms with Crippen LogP contribution < -0.4 is 0 Å². The summed E-state index contributed by atoms with van der Waals surface area (Å²) < 4.78 is 0. The van der Waals surface area contributed by atoms with E-state index in [2.05, 4.69) is 30.5 Å². The molecule has 12 heavy (non-hydrogen) atoms. The first kappa shape index (κ1) is 11.1. The number of rotatable bonds is 5. The standard InChI is InChI=1S/C9H17N3/c1-5-7(3)9(11-12-10)8(4)6-2/h5,7-9H,1,6H2,2-4H3. The van der Waals surface area contributed by atoms with Gasteiger partial charge in [0.25, 0.3) is 0 Å². The summed E-state index contributed by atoms with van der Waals surface area (Å²) in [6.07, 6.45) is 2.87. The normalized spacial score (nSPS) is 17.2. The molecule has 3 atom stereocenters. The van der Waals surface area contributed by atoms with Gasteiger partial charge in [0.1, 0.15) is 0 Å². The van der Waals surface area contributed by atoms with E-state index in [1.807, 2.05) is 13.0 Å². The van der Waals surface area contributed by atoms with Crippen LogP contribution in [-0.2, 0) is 0 Å². The molecule has 0 fully saturated rings. The second-order valence-electron chi connectivity index (χ2n) is 3.18. The zero-order chi connectivity index (χ0) is 9.56. The Morgan fingerprint density at radius 1 is 1.58 bits per heavy atom. The molecule has 0 aliphatic carbocycles. The van der Waals surface area contributed by atoms with E-state index in [-0.39, 0.29) is 12.0 Å². The molecule has 0 aromatic heterocycles. The summed E-state index contributed by atoms with van der Waals surface area (Å²) in [6, 6.07) is 0.0532. The summed E-state index contributed by atoms with van der Waals surface area (Å²) in [5, 5.41) is 3.77. The van der Waals surface area contributed by atoms with Gasteiger partial charge in [0.05, 0.1) is 0 Å². The van der Waals surface area contributed by atoms with Crippen LogP contribution in [0.1, 0.15) is 27.2 Å². The molecule has 0 saturated carbocycles. The lowest BCUT2D eigenvalue weighted by atomic mass is 9.90. The predicted molar refractivity (Wildman–Crippen MR) is 51.8 cm³/mol. The van der Waals surface area contributed by atoms with E-state index in [1.54, 1.807) is 0 Å². The van der Waals surface area contributed by atoms with Crippen LogP contribution in [0, 0.1) is 11.8 Å². The van der Waals surface area contributed by atoms with Crippen molar-refractivity contribution in [3.8, 4) is 0 Å². The van der Waals surface area contributed by atoms with Crippen LogP contribution in [-0.4, -0.2) is 6.04 Å². The fourth-order valence-corrected chi connectivity index (χ4v) is 1.18. The first-order valence-corrected chi connectivity index (χ1v) is 4.34. The van der Waals surface area contributed by atoms with Crippen molar-refractivity contribution in [1.29, 1.82) is 0 Å². The summed E-state index contributed by atoms with van der Waals surface area (Å²) in [6.45, 7) is 9.92. The van der Waals surface area contributed by atoms with Gasteiger partial charge in [-0.3, -0.25) is 0 Å². The van der Waals surface area contributed by atoms with Gasteiger partial charge in [-0.2, -0.15) is 0 Å². The van der Waals surface area contributed by atoms with Crippen LogP contribution in [0.15, 0.2) is 17.8 Å². The predicted octanol–water partition coefficient (Wildman–Crippen LogP) is 3.53. The van der Waals surface area contributed by atoms with Crippen molar-refractivity contribution in [3.05, 3.63) is 23.1 Å². The smallest absolute Gasteiger partial charge is 0.0459 e. The molecule has 0 amide bonds. The molecule has 0 rings (SSSR count). The monoisotopic (exact) mass is 167 g/mol. The largest absolute Gasteiger partial charge is 0.103 e. The van der Waals surface area contributed by atoms with Gasteiger partial charge in [0.2, 0.25) is 0 Å². The Bertz CT molecular complexity index is 182. The highest BCUT2D eigenvalue weighted by atomic mass is 15.2. The van der Waals surface area contributed by atoms with Gasteiger partial charge >= 0.3 is 0 Å². The third kappa shape index (κ3) is 2.97. The summed E-state index contributed by atoms with van der Waals surface area (Å²) in [7, 11) is 0. The van der Waals surface area contributed by atoms with Gasteiger partial charge in [-0.25, -0.2) is 0 Å². The highest BCUT2D eigenvalue weighted by Gasteiger charge is 2.18. The highest BCUT2D eigenvalue weighted by molar-refractivity contribution is 4.88. The van der Waals surface area contributed by atoms with Crippen LogP contribution in [0.25, 0.3) is 10.4 Å². The Morgan fingerprint density at radius 3 is 2.50 bits per heavy atom. The summed E-state index contributed by atoms with van der Waals surface area (Å²) in [5.74, 6) is 0.685. The van der Waals surface area contributed by atoms with Crippen molar-refractivity contribution in [2.24, 2.45) is 17.0 Å². The lowest BCUT2D eigenvalue weighted by Gasteiger charge is -2.21.